The van der Waals surface area contributed by atoms with Crippen LogP contribution < -0.4 is 0 Å². The SMILES string of the molecule is O=S(=O)(CCN1CCC[C@H]1C[C@H](O)c1cccs1)c1ccccc1. The molecule has 4 nitrogen and oxygen atoms in total. The molecule has 0 aliphatic carbocycles. The summed E-state index contributed by atoms with van der Waals surface area (Å²) in [6.07, 6.45) is 2.30. The number of thiophene rings is 1. The van der Waals surface area contributed by atoms with Gasteiger partial charge in [0, 0.05) is 17.5 Å². The number of rotatable bonds is 7. The highest BCUT2D eigenvalue weighted by Gasteiger charge is 2.28. The van der Waals surface area contributed by atoms with Gasteiger partial charge in [-0.1, -0.05) is 24.3 Å². The van der Waals surface area contributed by atoms with Crippen LogP contribution in [-0.4, -0.2) is 43.3 Å². The van der Waals surface area contributed by atoms with Gasteiger partial charge < -0.3 is 5.11 Å². The molecule has 1 saturated heterocycles. The maximum Gasteiger partial charge on any atom is 0.179 e. The smallest absolute Gasteiger partial charge is 0.179 e. The molecule has 2 aromatic rings. The summed E-state index contributed by atoms with van der Waals surface area (Å²) in [5.41, 5.74) is 0. The van der Waals surface area contributed by atoms with E-state index in [0.717, 1.165) is 24.3 Å². The zero-order chi connectivity index (χ0) is 17.0. The van der Waals surface area contributed by atoms with Gasteiger partial charge in [0.2, 0.25) is 0 Å². The quantitative estimate of drug-likeness (QED) is 0.819. The van der Waals surface area contributed by atoms with E-state index in [1.54, 1.807) is 35.6 Å². The molecule has 0 amide bonds. The van der Waals surface area contributed by atoms with Crippen LogP contribution in [-0.2, 0) is 9.84 Å². The van der Waals surface area contributed by atoms with E-state index in [2.05, 4.69) is 4.90 Å². The lowest BCUT2D eigenvalue weighted by Gasteiger charge is -2.26. The van der Waals surface area contributed by atoms with Crippen LogP contribution in [0.2, 0.25) is 0 Å². The van der Waals surface area contributed by atoms with Gasteiger partial charge in [-0.05, 0) is 49.4 Å². The maximum absolute atomic E-state index is 12.4. The predicted octanol–water partition coefficient (Wildman–Crippen LogP) is 3.11. The average Bonchev–Trinajstić information content (AvgIpc) is 3.26. The largest absolute Gasteiger partial charge is 0.388 e. The second kappa shape index (κ2) is 7.78. The third-order valence-electron chi connectivity index (χ3n) is 4.62. The highest BCUT2D eigenvalue weighted by molar-refractivity contribution is 7.91. The van der Waals surface area contributed by atoms with Crippen molar-refractivity contribution in [1.82, 2.24) is 4.90 Å². The number of nitrogens with zero attached hydrogens (tertiary/aromatic N) is 1. The second-order valence-corrected chi connectivity index (χ2v) is 9.32. The Balaban J connectivity index is 1.58. The molecule has 1 fully saturated rings. The van der Waals surface area contributed by atoms with Gasteiger partial charge in [-0.15, -0.1) is 11.3 Å². The Morgan fingerprint density at radius 1 is 1.21 bits per heavy atom. The number of hydrogen-bond acceptors (Lipinski definition) is 5. The molecule has 2 heterocycles. The van der Waals surface area contributed by atoms with Crippen LogP contribution in [0.1, 0.15) is 30.2 Å². The first-order valence-electron chi connectivity index (χ1n) is 8.29. The molecule has 2 atom stereocenters. The van der Waals surface area contributed by atoms with Crippen molar-refractivity contribution in [2.45, 2.75) is 36.3 Å². The van der Waals surface area contributed by atoms with Crippen molar-refractivity contribution >= 4 is 21.2 Å². The van der Waals surface area contributed by atoms with Crippen molar-refractivity contribution in [3.8, 4) is 0 Å². The summed E-state index contributed by atoms with van der Waals surface area (Å²) in [5, 5.41) is 12.3. The minimum atomic E-state index is -3.24. The molecule has 0 saturated carbocycles. The third kappa shape index (κ3) is 4.25. The van der Waals surface area contributed by atoms with Crippen LogP contribution in [0.3, 0.4) is 0 Å². The van der Waals surface area contributed by atoms with E-state index in [9.17, 15) is 13.5 Å². The summed E-state index contributed by atoms with van der Waals surface area (Å²) in [4.78, 5) is 3.59. The summed E-state index contributed by atoms with van der Waals surface area (Å²) in [6.45, 7) is 1.44. The lowest BCUT2D eigenvalue weighted by Crippen LogP contribution is -2.34. The second-order valence-electron chi connectivity index (χ2n) is 6.23. The van der Waals surface area contributed by atoms with Gasteiger partial charge in [0.05, 0.1) is 16.8 Å². The molecule has 1 N–H and O–H groups in total. The Kier molecular flexibility index (Phi) is 5.71. The molecule has 6 heteroatoms. The van der Waals surface area contributed by atoms with Crippen LogP contribution >= 0.6 is 11.3 Å². The van der Waals surface area contributed by atoms with Crippen LogP contribution in [0, 0.1) is 0 Å². The van der Waals surface area contributed by atoms with Crippen molar-refractivity contribution in [2.75, 3.05) is 18.8 Å². The van der Waals surface area contributed by atoms with Gasteiger partial charge >= 0.3 is 0 Å². The van der Waals surface area contributed by atoms with Crippen LogP contribution in [0.5, 0.6) is 0 Å². The molecule has 0 unspecified atom stereocenters. The minimum Gasteiger partial charge on any atom is -0.388 e. The molecule has 3 rings (SSSR count). The van der Waals surface area contributed by atoms with Crippen molar-refractivity contribution in [3.63, 3.8) is 0 Å². The van der Waals surface area contributed by atoms with Gasteiger partial charge in [-0.3, -0.25) is 4.90 Å². The molecule has 1 aliphatic rings. The number of sulfone groups is 1. The highest BCUT2D eigenvalue weighted by Crippen LogP contribution is 2.29. The molecule has 1 aromatic heterocycles. The lowest BCUT2D eigenvalue weighted by molar-refractivity contribution is 0.126. The Bertz CT molecular complexity index is 729. The van der Waals surface area contributed by atoms with Gasteiger partial charge in [-0.2, -0.15) is 0 Å². The maximum atomic E-state index is 12.4. The Morgan fingerprint density at radius 3 is 2.71 bits per heavy atom. The van der Waals surface area contributed by atoms with E-state index in [-0.39, 0.29) is 11.8 Å². The highest BCUT2D eigenvalue weighted by atomic mass is 32.2. The number of likely N-dealkylation sites (tertiary alicyclic amines) is 1. The van der Waals surface area contributed by atoms with Crippen molar-refractivity contribution in [1.29, 1.82) is 0 Å². The van der Waals surface area contributed by atoms with Crippen molar-refractivity contribution < 1.29 is 13.5 Å². The van der Waals surface area contributed by atoms with E-state index in [1.807, 2.05) is 23.6 Å². The Hall–Kier alpha value is -1.21. The lowest BCUT2D eigenvalue weighted by atomic mass is 10.1. The fourth-order valence-electron chi connectivity index (χ4n) is 3.29. The third-order valence-corrected chi connectivity index (χ3v) is 7.30. The van der Waals surface area contributed by atoms with Crippen LogP contribution in [0.15, 0.2) is 52.7 Å². The van der Waals surface area contributed by atoms with E-state index >= 15 is 0 Å². The summed E-state index contributed by atoms with van der Waals surface area (Å²) in [5.74, 6) is 0.128. The summed E-state index contributed by atoms with van der Waals surface area (Å²) >= 11 is 1.57. The molecule has 1 aromatic carbocycles. The van der Waals surface area contributed by atoms with E-state index in [0.29, 0.717) is 17.9 Å². The topological polar surface area (TPSA) is 57.6 Å². The normalized spacial score (nSPS) is 20.3. The van der Waals surface area contributed by atoms with E-state index < -0.39 is 15.9 Å². The zero-order valence-corrected chi connectivity index (χ0v) is 15.2. The first-order valence-corrected chi connectivity index (χ1v) is 10.8. The van der Waals surface area contributed by atoms with E-state index in [4.69, 9.17) is 0 Å². The number of aliphatic hydroxyl groups is 1. The first kappa shape index (κ1) is 17.6. The monoisotopic (exact) mass is 365 g/mol. The van der Waals surface area contributed by atoms with Gasteiger partial charge in [0.15, 0.2) is 9.84 Å². The Labute approximate surface area is 147 Å². The van der Waals surface area contributed by atoms with Gasteiger partial charge in [0.25, 0.3) is 0 Å². The van der Waals surface area contributed by atoms with Crippen LogP contribution in [0.4, 0.5) is 0 Å². The summed E-state index contributed by atoms with van der Waals surface area (Å²) in [6, 6.07) is 12.8. The van der Waals surface area contributed by atoms with Crippen molar-refractivity contribution in [3.05, 3.63) is 52.7 Å². The molecule has 1 aliphatic heterocycles. The molecule has 0 radical (unpaired) electrons. The number of hydrogen-bond donors (Lipinski definition) is 1. The molecule has 130 valence electrons. The first-order chi connectivity index (χ1) is 11.6. The van der Waals surface area contributed by atoms with E-state index in [1.165, 1.54) is 0 Å². The summed E-state index contributed by atoms with van der Waals surface area (Å²) < 4.78 is 24.9. The zero-order valence-electron chi connectivity index (χ0n) is 13.5. The summed E-state index contributed by atoms with van der Waals surface area (Å²) in [7, 11) is -3.24. The van der Waals surface area contributed by atoms with Gasteiger partial charge in [-0.25, -0.2) is 8.42 Å². The van der Waals surface area contributed by atoms with Crippen molar-refractivity contribution in [2.24, 2.45) is 0 Å². The van der Waals surface area contributed by atoms with Crippen LogP contribution in [0.25, 0.3) is 0 Å². The Morgan fingerprint density at radius 2 is 2.00 bits per heavy atom. The average molecular weight is 366 g/mol. The standard InChI is InChI=1S/C18H23NO3S2/c20-17(18-9-5-12-23-18)14-15-6-4-10-19(15)11-13-24(21,22)16-7-2-1-3-8-16/h1-3,5,7-9,12,15,17,20H,4,6,10-11,13-14H2/t15-,17-/m0/s1. The molecular formula is C18H23NO3S2. The predicted molar refractivity (Wildman–Crippen MR) is 97.0 cm³/mol. The number of aliphatic hydroxyl groups excluding tert-OH is 1. The minimum absolute atomic E-state index is 0.128. The fraction of sp³-hybridized carbons (Fsp3) is 0.444. The molecular weight excluding hydrogens is 342 g/mol. The molecule has 0 spiro atoms. The molecule has 0 bridgehead atoms. The molecule has 24 heavy (non-hydrogen) atoms. The number of benzene rings is 1. The van der Waals surface area contributed by atoms with Gasteiger partial charge in [0.1, 0.15) is 0 Å². The fourth-order valence-corrected chi connectivity index (χ4v) is 5.30.